The maximum Gasteiger partial charge on any atom is 0.421 e. The fourth-order valence-electron chi connectivity index (χ4n) is 4.50. The Bertz CT molecular complexity index is 1670. The summed E-state index contributed by atoms with van der Waals surface area (Å²) in [5, 5.41) is 20.7. The fourth-order valence-corrected chi connectivity index (χ4v) is 4.50. The first-order chi connectivity index (χ1) is 20.5. The van der Waals surface area contributed by atoms with Gasteiger partial charge in [-0.05, 0) is 57.9 Å². The van der Waals surface area contributed by atoms with Gasteiger partial charge in [0.15, 0.2) is 5.82 Å². The number of aromatic nitrogens is 4. The molecule has 0 saturated heterocycles. The summed E-state index contributed by atoms with van der Waals surface area (Å²) >= 11 is 0. The van der Waals surface area contributed by atoms with E-state index in [4.69, 9.17) is 4.74 Å². The molecule has 0 fully saturated rings. The largest absolute Gasteiger partial charge is 0.494 e. The Hall–Kier alpha value is -4.83. The summed E-state index contributed by atoms with van der Waals surface area (Å²) in [6.07, 6.45) is 0.0795. The van der Waals surface area contributed by atoms with E-state index in [1.165, 1.54) is 13.2 Å². The van der Waals surface area contributed by atoms with Crippen LogP contribution in [0.2, 0.25) is 0 Å². The summed E-state index contributed by atoms with van der Waals surface area (Å²) < 4.78 is 49.4. The Kier molecular flexibility index (Phi) is 9.40. The quantitative estimate of drug-likeness (QED) is 0.218. The average molecular weight is 594 g/mol. The predicted octanol–water partition coefficient (Wildman–Crippen LogP) is 5.96. The molecule has 0 spiro atoms. The highest BCUT2D eigenvalue weighted by Gasteiger charge is 2.37. The van der Waals surface area contributed by atoms with Gasteiger partial charge in [0.2, 0.25) is 5.95 Å². The van der Waals surface area contributed by atoms with Gasteiger partial charge in [0.1, 0.15) is 11.3 Å². The van der Waals surface area contributed by atoms with Gasteiger partial charge in [0.05, 0.1) is 47.0 Å². The molecule has 2 N–H and O–H groups in total. The summed E-state index contributed by atoms with van der Waals surface area (Å²) in [6, 6.07) is 10.4. The number of nitrogens with one attached hydrogen (secondary N) is 2. The molecule has 10 nitrogen and oxygen atoms in total. The van der Waals surface area contributed by atoms with E-state index in [2.05, 4.69) is 41.6 Å². The number of nitriles is 1. The van der Waals surface area contributed by atoms with Crippen molar-refractivity contribution in [1.29, 1.82) is 5.26 Å². The molecule has 0 amide bonds. The second-order valence-electron chi connectivity index (χ2n) is 10.0. The van der Waals surface area contributed by atoms with Gasteiger partial charge in [-0.1, -0.05) is 13.0 Å². The van der Waals surface area contributed by atoms with Crippen LogP contribution >= 0.6 is 0 Å². The number of allylic oxidation sites excluding steroid dienone is 1. The van der Waals surface area contributed by atoms with Crippen LogP contribution in [-0.2, 0) is 12.6 Å². The normalized spacial score (nSPS) is 11.7. The van der Waals surface area contributed by atoms with Crippen LogP contribution in [0.4, 0.5) is 36.2 Å². The minimum Gasteiger partial charge on any atom is -0.494 e. The monoisotopic (exact) mass is 593 g/mol. The summed E-state index contributed by atoms with van der Waals surface area (Å²) in [6.45, 7) is 5.29. The highest BCUT2D eigenvalue weighted by molar-refractivity contribution is 5.85. The van der Waals surface area contributed by atoms with E-state index in [0.29, 0.717) is 40.0 Å². The summed E-state index contributed by atoms with van der Waals surface area (Å²) in [5.41, 5.74) is 2.33. The number of rotatable bonds is 11. The first-order valence-electron chi connectivity index (χ1n) is 13.6. The third kappa shape index (κ3) is 6.81. The number of anilines is 4. The van der Waals surface area contributed by atoms with Gasteiger partial charge in [-0.2, -0.15) is 28.5 Å². The Morgan fingerprint density at radius 3 is 2.51 bits per heavy atom. The third-order valence-electron chi connectivity index (χ3n) is 6.76. The molecule has 0 unspecified atom stereocenters. The van der Waals surface area contributed by atoms with Crippen LogP contribution in [0.25, 0.3) is 16.7 Å². The van der Waals surface area contributed by atoms with Crippen LogP contribution < -0.4 is 20.3 Å². The third-order valence-corrected chi connectivity index (χ3v) is 6.76. The molecule has 4 rings (SSSR count). The zero-order valence-electron chi connectivity index (χ0n) is 24.9. The van der Waals surface area contributed by atoms with Gasteiger partial charge in [-0.15, -0.1) is 0 Å². The predicted molar refractivity (Wildman–Crippen MR) is 162 cm³/mol. The number of hydrogen-bond donors (Lipinski definition) is 2. The van der Waals surface area contributed by atoms with Crippen molar-refractivity contribution in [3.8, 4) is 17.6 Å². The Morgan fingerprint density at radius 1 is 1.12 bits per heavy atom. The van der Waals surface area contributed by atoms with Crippen molar-refractivity contribution in [2.45, 2.75) is 26.4 Å². The SMILES string of the molecule is CC=CNc1cc(Nc2ncc(C(F)(F)F)c(-n3nc(CC)c4cc(C#N)ccc43)n2)c(OC)cc1N(C)CCN(C)C. The van der Waals surface area contributed by atoms with E-state index in [0.717, 1.165) is 35.3 Å². The molecular formula is C30H34F3N9O. The maximum atomic E-state index is 14.2. The second-order valence-corrected chi connectivity index (χ2v) is 10.0. The molecule has 13 heteroatoms. The molecule has 43 heavy (non-hydrogen) atoms. The van der Waals surface area contributed by atoms with Crippen LogP contribution in [0.5, 0.6) is 5.75 Å². The van der Waals surface area contributed by atoms with Crippen molar-refractivity contribution in [2.75, 3.05) is 56.9 Å². The molecule has 0 bridgehead atoms. The average Bonchev–Trinajstić information content (AvgIpc) is 3.36. The number of fused-ring (bicyclic) bond motifs is 1. The van der Waals surface area contributed by atoms with Gasteiger partial charge >= 0.3 is 6.18 Å². The standard InChI is InChI=1S/C30H34F3N9O/c1-7-11-35-23-15-24(27(43-6)16-26(23)41(5)13-12-40(3)4)37-29-36-18-21(30(31,32)33)28(38-29)42-25-10-9-19(17-34)14-20(25)22(8-2)39-42/h7,9-11,14-16,18,35H,8,12-13H2,1-6H3,(H,36,37,38). The molecule has 0 aliphatic rings. The Balaban J connectivity index is 1.83. The molecule has 2 heterocycles. The van der Waals surface area contributed by atoms with Crippen LogP contribution in [-0.4, -0.2) is 66.0 Å². The van der Waals surface area contributed by atoms with Crippen LogP contribution in [0.3, 0.4) is 0 Å². The van der Waals surface area contributed by atoms with Gasteiger partial charge in [-0.25, -0.2) is 9.67 Å². The van der Waals surface area contributed by atoms with Crippen molar-refractivity contribution >= 4 is 33.9 Å². The lowest BCUT2D eigenvalue weighted by Crippen LogP contribution is -2.28. The highest BCUT2D eigenvalue weighted by atomic mass is 19.4. The topological polar surface area (TPSA) is 107 Å². The number of halogens is 3. The molecule has 2 aromatic heterocycles. The second kappa shape index (κ2) is 13.0. The smallest absolute Gasteiger partial charge is 0.421 e. The number of benzene rings is 2. The molecule has 0 atom stereocenters. The molecule has 0 saturated carbocycles. The Morgan fingerprint density at radius 2 is 1.88 bits per heavy atom. The summed E-state index contributed by atoms with van der Waals surface area (Å²) in [4.78, 5) is 12.5. The lowest BCUT2D eigenvalue weighted by Gasteiger charge is -2.26. The number of ether oxygens (including phenoxy) is 1. The lowest BCUT2D eigenvalue weighted by atomic mass is 10.1. The van der Waals surface area contributed by atoms with Crippen molar-refractivity contribution in [3.05, 3.63) is 65.6 Å². The molecule has 4 aromatic rings. The summed E-state index contributed by atoms with van der Waals surface area (Å²) in [7, 11) is 7.48. The van der Waals surface area contributed by atoms with Crippen molar-refractivity contribution in [1.82, 2.24) is 24.6 Å². The maximum absolute atomic E-state index is 14.2. The van der Waals surface area contributed by atoms with E-state index in [-0.39, 0.29) is 5.95 Å². The molecular weight excluding hydrogens is 559 g/mol. The van der Waals surface area contributed by atoms with Crippen molar-refractivity contribution in [3.63, 3.8) is 0 Å². The minimum atomic E-state index is -4.74. The molecule has 0 aliphatic carbocycles. The number of nitrogens with zero attached hydrogens (tertiary/aromatic N) is 7. The first-order valence-corrected chi connectivity index (χ1v) is 13.6. The zero-order valence-corrected chi connectivity index (χ0v) is 24.9. The van der Waals surface area contributed by atoms with Crippen molar-refractivity contribution < 1.29 is 17.9 Å². The van der Waals surface area contributed by atoms with Gasteiger partial charge < -0.3 is 25.2 Å². The minimum absolute atomic E-state index is 0.0812. The van der Waals surface area contributed by atoms with E-state index < -0.39 is 17.6 Å². The lowest BCUT2D eigenvalue weighted by molar-refractivity contribution is -0.138. The number of aryl methyl sites for hydroxylation is 1. The van der Waals surface area contributed by atoms with Crippen LogP contribution in [0.1, 0.15) is 30.7 Å². The van der Waals surface area contributed by atoms with E-state index >= 15 is 0 Å². The first kappa shape index (κ1) is 31.1. The van der Waals surface area contributed by atoms with Gasteiger partial charge in [-0.3, -0.25) is 0 Å². The van der Waals surface area contributed by atoms with Gasteiger partial charge in [0.25, 0.3) is 0 Å². The number of methoxy groups -OCH3 is 1. The Labute approximate surface area is 248 Å². The van der Waals surface area contributed by atoms with E-state index in [1.807, 2.05) is 47.1 Å². The fraction of sp³-hybridized carbons (Fsp3) is 0.333. The van der Waals surface area contributed by atoms with E-state index in [1.54, 1.807) is 24.4 Å². The number of alkyl halides is 3. The van der Waals surface area contributed by atoms with E-state index in [9.17, 15) is 18.4 Å². The van der Waals surface area contributed by atoms with Crippen LogP contribution in [0.15, 0.2) is 48.8 Å². The molecule has 0 aliphatic heterocycles. The van der Waals surface area contributed by atoms with Gasteiger partial charge in [0, 0.05) is 37.8 Å². The van der Waals surface area contributed by atoms with Crippen LogP contribution in [0, 0.1) is 11.3 Å². The highest BCUT2D eigenvalue weighted by Crippen LogP contribution is 2.39. The molecule has 2 aromatic carbocycles. The number of likely N-dealkylation sites (N-methyl/N-ethyl adjacent to an activating group) is 2. The zero-order chi connectivity index (χ0) is 31.3. The molecule has 226 valence electrons. The summed E-state index contributed by atoms with van der Waals surface area (Å²) in [5.74, 6) is -0.0716. The van der Waals surface area contributed by atoms with Crippen molar-refractivity contribution in [2.24, 2.45) is 0 Å². The molecule has 0 radical (unpaired) electrons. The number of hydrogen-bond acceptors (Lipinski definition) is 9.